The molecule has 11 amide bonds. The number of hydrogen-bond donors (Lipinski definition) is 12. The number of benzene rings is 2. The van der Waals surface area contributed by atoms with E-state index in [1.807, 2.05) is 30.3 Å². The van der Waals surface area contributed by atoms with Crippen LogP contribution >= 0.6 is 0 Å². The zero-order chi connectivity index (χ0) is 87.2. The minimum absolute atomic E-state index is 0.144. The molecule has 44 heteroatoms. The second-order valence-corrected chi connectivity index (χ2v) is 25.4. The van der Waals surface area contributed by atoms with Gasteiger partial charge in [-0.1, -0.05) is 30.3 Å². The summed E-state index contributed by atoms with van der Waals surface area (Å²) in [5.74, 6) is -3.27. The van der Waals surface area contributed by atoms with Crippen LogP contribution in [0.1, 0.15) is 28.3 Å². The molecule has 1 unspecified atom stereocenters. The SMILES string of the molecule is NC(=O)COCCOCCNC(=O)COCCOCCNC(=O)COCCOCCNC(=O)COCCOCCNC(=O)COCCOCCNC(=O)COCCOCCNC(=O)COCCOCCNC(=O)COCCOCCNC(=O)COCCOCCNC(=O)COCCOCCNC(=O)COc1ccc2c(c1)C(N)c1ccccc1CC2. The Morgan fingerprint density at radius 2 is 0.438 bits per heavy atom. The molecule has 0 aliphatic heterocycles. The zero-order valence-electron chi connectivity index (χ0n) is 69.3. The van der Waals surface area contributed by atoms with Crippen molar-refractivity contribution in [3.05, 3.63) is 64.7 Å². The van der Waals surface area contributed by atoms with Crippen LogP contribution in [0.4, 0.5) is 0 Å². The highest BCUT2D eigenvalue weighted by molar-refractivity contribution is 5.80. The number of rotatable bonds is 83. The van der Waals surface area contributed by atoms with Gasteiger partial charge >= 0.3 is 0 Å². The highest BCUT2D eigenvalue weighted by Crippen LogP contribution is 2.33. The molecule has 3 rings (SSSR count). The Balaban J connectivity index is 0.918. The van der Waals surface area contributed by atoms with Gasteiger partial charge in [0.15, 0.2) is 6.61 Å². The van der Waals surface area contributed by atoms with E-state index in [2.05, 4.69) is 65.3 Å². The van der Waals surface area contributed by atoms with E-state index in [9.17, 15) is 52.7 Å². The van der Waals surface area contributed by atoms with E-state index in [0.29, 0.717) is 5.75 Å². The molecule has 0 saturated carbocycles. The average molecular weight is 1730 g/mol. The molecule has 121 heavy (non-hydrogen) atoms. The van der Waals surface area contributed by atoms with Gasteiger partial charge in [0.2, 0.25) is 59.1 Å². The third-order valence-electron chi connectivity index (χ3n) is 15.6. The normalized spacial score (nSPS) is 12.1. The molecule has 1 aliphatic carbocycles. The number of hydrogen-bond acceptors (Lipinski definition) is 33. The molecule has 1 atom stereocenters. The molecule has 2 aromatic carbocycles. The van der Waals surface area contributed by atoms with E-state index in [-0.39, 0.29) is 401 Å². The molecule has 688 valence electrons. The molecule has 2 aromatic rings. The van der Waals surface area contributed by atoms with E-state index in [1.54, 1.807) is 0 Å². The lowest BCUT2D eigenvalue weighted by molar-refractivity contribution is -0.128. The quantitative estimate of drug-likeness (QED) is 0.0274. The molecule has 0 fully saturated rings. The number of fused-ring (bicyclic) bond motifs is 2. The van der Waals surface area contributed by atoms with Crippen molar-refractivity contribution in [2.45, 2.75) is 18.9 Å². The molecule has 0 bridgehead atoms. The Labute approximate surface area is 705 Å². The van der Waals surface area contributed by atoms with Gasteiger partial charge in [0, 0.05) is 65.4 Å². The summed E-state index contributed by atoms with van der Waals surface area (Å²) in [4.78, 5) is 131. The number of nitrogens with one attached hydrogen (secondary N) is 10. The topological polar surface area (TPSA) is 554 Å². The molecule has 14 N–H and O–H groups in total. The summed E-state index contributed by atoms with van der Waals surface area (Å²) in [6, 6.07) is 13.7. The lowest BCUT2D eigenvalue weighted by Gasteiger charge is -2.17. The molecule has 1 aliphatic rings. The molecule has 44 nitrogen and oxygen atoms in total. The van der Waals surface area contributed by atoms with Crippen molar-refractivity contribution in [1.29, 1.82) is 0 Å². The van der Waals surface area contributed by atoms with E-state index in [4.69, 9.17) is 111 Å². The predicted octanol–water partition coefficient (Wildman–Crippen LogP) is -6.81. The average Bonchev–Trinajstić information content (AvgIpc) is 1.69. The number of nitrogens with two attached hydrogens (primary N) is 2. The van der Waals surface area contributed by atoms with Gasteiger partial charge in [0.05, 0.1) is 204 Å². The first-order chi connectivity index (χ1) is 59.1. The van der Waals surface area contributed by atoms with Gasteiger partial charge in [-0.15, -0.1) is 0 Å². The summed E-state index contributed by atoms with van der Waals surface area (Å²) >= 11 is 0. The highest BCUT2D eigenvalue weighted by Gasteiger charge is 2.22. The Morgan fingerprint density at radius 3 is 0.669 bits per heavy atom. The second kappa shape index (κ2) is 76.5. The van der Waals surface area contributed by atoms with E-state index in [1.165, 1.54) is 11.1 Å². The zero-order valence-corrected chi connectivity index (χ0v) is 69.3. The van der Waals surface area contributed by atoms with Crippen molar-refractivity contribution in [2.75, 3.05) is 336 Å². The number of aryl methyl sites for hydroxylation is 2. The summed E-state index contributed by atoms with van der Waals surface area (Å²) in [5, 5.41) is 26.6. The van der Waals surface area contributed by atoms with E-state index >= 15 is 0 Å². The summed E-state index contributed by atoms with van der Waals surface area (Å²) in [6.45, 7) is 6.89. The fourth-order valence-electron chi connectivity index (χ4n) is 9.82. The Bertz CT molecular complexity index is 3120. The first-order valence-corrected chi connectivity index (χ1v) is 40.2. The van der Waals surface area contributed by atoms with Gasteiger partial charge in [-0.25, -0.2) is 0 Å². The van der Waals surface area contributed by atoms with Crippen LogP contribution in [-0.4, -0.2) is 401 Å². The first-order valence-electron chi connectivity index (χ1n) is 40.2. The summed E-state index contributed by atoms with van der Waals surface area (Å²) in [5.41, 5.74) is 16.1. The van der Waals surface area contributed by atoms with Gasteiger partial charge < -0.3 is 164 Å². The summed E-state index contributed by atoms with van der Waals surface area (Å²) in [6.07, 6.45) is 1.80. The fourth-order valence-corrected chi connectivity index (χ4v) is 9.82. The number of carbonyl (C=O) groups excluding carboxylic acids is 11. The lowest BCUT2D eigenvalue weighted by atomic mass is 9.95. The largest absolute Gasteiger partial charge is 0.484 e. The van der Waals surface area contributed by atoms with Gasteiger partial charge in [-0.05, 0) is 47.2 Å². The van der Waals surface area contributed by atoms with Crippen molar-refractivity contribution in [3.8, 4) is 5.75 Å². The first kappa shape index (κ1) is 107. The standard InChI is InChI=1S/C77H128N12O32/c78-66(90)50-111-39-29-101-19-9-80-67(91)51-112-40-30-102-20-10-81-68(92)52-113-41-31-103-21-11-82-69(93)53-114-42-32-104-22-12-83-70(94)54-115-43-33-105-23-13-84-71(95)55-116-44-34-106-24-14-85-72(96)56-117-45-35-107-25-15-86-73(97)57-118-46-36-108-26-16-87-74(98)58-119-47-37-109-27-17-88-75(99)59-120-48-38-110-28-18-89-76(100)60-121-63-8-7-62-6-5-61-3-1-2-4-64(61)77(79)65(62)49-63/h1-4,7-8,49,77H,5-6,9-48,50-60,79H2,(H2,78,90)(H,80,91)(H,81,92)(H,82,93)(H,83,94)(H,84,95)(H,85,96)(H,86,97)(H,87,98)(H,88,99)(H,89,100). The Hall–Kier alpha value is -8.43. The molecular weight excluding hydrogens is 1600 g/mol. The van der Waals surface area contributed by atoms with Gasteiger partial charge in [0.25, 0.3) is 5.91 Å². The van der Waals surface area contributed by atoms with E-state index in [0.717, 1.165) is 24.0 Å². The molecular formula is C77H128N12O32. The van der Waals surface area contributed by atoms with Crippen molar-refractivity contribution in [1.82, 2.24) is 53.2 Å². The van der Waals surface area contributed by atoms with Gasteiger partial charge in [-0.2, -0.15) is 0 Å². The van der Waals surface area contributed by atoms with Gasteiger partial charge in [0.1, 0.15) is 71.8 Å². The maximum atomic E-state index is 12.4. The summed E-state index contributed by atoms with van der Waals surface area (Å²) < 4.78 is 112. The Morgan fingerprint density at radius 1 is 0.240 bits per heavy atom. The highest BCUT2D eigenvalue weighted by atomic mass is 16.6. The predicted molar refractivity (Wildman–Crippen MR) is 427 cm³/mol. The van der Waals surface area contributed by atoms with Crippen LogP contribution in [0, 0.1) is 0 Å². The van der Waals surface area contributed by atoms with Gasteiger partial charge in [-0.3, -0.25) is 52.7 Å². The van der Waals surface area contributed by atoms with Crippen LogP contribution in [0.15, 0.2) is 42.5 Å². The van der Waals surface area contributed by atoms with Crippen LogP contribution in [0.5, 0.6) is 5.75 Å². The maximum absolute atomic E-state index is 12.4. The maximum Gasteiger partial charge on any atom is 0.258 e. The number of amides is 11. The van der Waals surface area contributed by atoms with Crippen molar-refractivity contribution < 1.29 is 152 Å². The molecule has 0 radical (unpaired) electrons. The molecule has 0 spiro atoms. The van der Waals surface area contributed by atoms with Crippen LogP contribution in [0.25, 0.3) is 0 Å². The molecule has 0 heterocycles. The van der Waals surface area contributed by atoms with Crippen LogP contribution in [0.2, 0.25) is 0 Å². The number of primary amides is 1. The minimum atomic E-state index is -0.562. The van der Waals surface area contributed by atoms with Crippen molar-refractivity contribution in [3.63, 3.8) is 0 Å². The van der Waals surface area contributed by atoms with Crippen molar-refractivity contribution in [2.24, 2.45) is 11.5 Å². The third kappa shape index (κ3) is 65.0. The summed E-state index contributed by atoms with van der Waals surface area (Å²) in [7, 11) is 0. The minimum Gasteiger partial charge on any atom is -0.484 e. The number of carbonyl (C=O) groups is 11. The second-order valence-electron chi connectivity index (χ2n) is 25.4. The van der Waals surface area contributed by atoms with E-state index < -0.39 is 5.91 Å². The number of ether oxygens (including phenoxy) is 21. The molecule has 0 saturated heterocycles. The smallest absolute Gasteiger partial charge is 0.258 e. The van der Waals surface area contributed by atoms with Crippen LogP contribution < -0.4 is 69.4 Å². The molecule has 0 aromatic heterocycles. The lowest BCUT2D eigenvalue weighted by Crippen LogP contribution is -2.33. The third-order valence-corrected chi connectivity index (χ3v) is 15.6. The fraction of sp³-hybridized carbons (Fsp3) is 0.701. The van der Waals surface area contributed by atoms with Crippen molar-refractivity contribution >= 4 is 65.0 Å². The van der Waals surface area contributed by atoms with Crippen LogP contribution in [-0.2, 0) is 160 Å². The van der Waals surface area contributed by atoms with Crippen LogP contribution in [0.3, 0.4) is 0 Å². The monoisotopic (exact) mass is 1730 g/mol. The Kier molecular flexibility index (Phi) is 67.5.